The summed E-state index contributed by atoms with van der Waals surface area (Å²) >= 11 is 0. The van der Waals surface area contributed by atoms with Gasteiger partial charge >= 0.3 is 0 Å². The maximum absolute atomic E-state index is 11.2. The van der Waals surface area contributed by atoms with E-state index in [1.165, 1.54) is 12.2 Å². The summed E-state index contributed by atoms with van der Waals surface area (Å²) in [6, 6.07) is 0. The lowest BCUT2D eigenvalue weighted by atomic mass is 10.1. The highest BCUT2D eigenvalue weighted by Crippen LogP contribution is 2.22. The third kappa shape index (κ3) is 1.24. The van der Waals surface area contributed by atoms with Crippen molar-refractivity contribution in [2.75, 3.05) is 6.61 Å². The predicted molar refractivity (Wildman–Crippen MR) is 42.7 cm³/mol. The van der Waals surface area contributed by atoms with Gasteiger partial charge in [0.25, 0.3) is 0 Å². The van der Waals surface area contributed by atoms with Crippen LogP contribution in [0.2, 0.25) is 0 Å². The van der Waals surface area contributed by atoms with Crippen LogP contribution in [-0.4, -0.2) is 24.3 Å². The molecule has 0 aromatic heterocycles. The molecular formula is C9H8O4. The van der Waals surface area contributed by atoms with Crippen LogP contribution in [0.25, 0.3) is 0 Å². The molecule has 2 aliphatic rings. The van der Waals surface area contributed by atoms with E-state index in [1.807, 2.05) is 0 Å². The zero-order valence-electron chi connectivity index (χ0n) is 7.07. The minimum absolute atomic E-state index is 0.0469. The Balaban J connectivity index is 2.39. The topological polar surface area (TPSA) is 52.6 Å². The summed E-state index contributed by atoms with van der Waals surface area (Å²) in [5, 5.41) is 0. The Morgan fingerprint density at radius 2 is 1.85 bits per heavy atom. The molecule has 1 atom stereocenters. The average Bonchev–Trinajstić information content (AvgIpc) is 2.12. The smallest absolute Gasteiger partial charge is 0.224 e. The van der Waals surface area contributed by atoms with Gasteiger partial charge in [0.15, 0.2) is 0 Å². The van der Waals surface area contributed by atoms with Crippen LogP contribution in [0.3, 0.4) is 0 Å². The second kappa shape index (κ2) is 2.73. The van der Waals surface area contributed by atoms with Crippen LogP contribution in [0.4, 0.5) is 0 Å². The largest absolute Gasteiger partial charge is 0.482 e. The van der Waals surface area contributed by atoms with Crippen molar-refractivity contribution in [3.05, 3.63) is 23.7 Å². The van der Waals surface area contributed by atoms with E-state index >= 15 is 0 Å². The van der Waals surface area contributed by atoms with Crippen LogP contribution in [0, 0.1) is 0 Å². The average molecular weight is 180 g/mol. The molecule has 0 amide bonds. The number of rotatable bonds is 0. The lowest BCUT2D eigenvalue weighted by Crippen LogP contribution is -2.30. The molecule has 4 heteroatoms. The number of hydrogen-bond acceptors (Lipinski definition) is 4. The van der Waals surface area contributed by atoms with Gasteiger partial charge in [0, 0.05) is 0 Å². The highest BCUT2D eigenvalue weighted by Gasteiger charge is 2.31. The molecule has 1 heterocycles. The van der Waals surface area contributed by atoms with E-state index < -0.39 is 0 Å². The quantitative estimate of drug-likeness (QED) is 0.504. The van der Waals surface area contributed by atoms with E-state index in [1.54, 1.807) is 6.92 Å². The van der Waals surface area contributed by atoms with Gasteiger partial charge in [-0.2, -0.15) is 0 Å². The van der Waals surface area contributed by atoms with Gasteiger partial charge in [-0.15, -0.1) is 0 Å². The second-order valence-corrected chi connectivity index (χ2v) is 2.96. The molecule has 1 unspecified atom stereocenters. The van der Waals surface area contributed by atoms with Crippen molar-refractivity contribution in [3.63, 3.8) is 0 Å². The summed E-state index contributed by atoms with van der Waals surface area (Å²) in [6.45, 7) is 2.09. The number of allylic oxidation sites excluding steroid dienone is 2. The molecule has 0 N–H and O–H groups in total. The fraction of sp³-hybridized carbons (Fsp3) is 0.333. The van der Waals surface area contributed by atoms with Gasteiger partial charge < -0.3 is 9.47 Å². The molecule has 1 aliphatic carbocycles. The van der Waals surface area contributed by atoms with Crippen molar-refractivity contribution in [3.8, 4) is 0 Å². The van der Waals surface area contributed by atoms with Crippen molar-refractivity contribution < 1.29 is 19.1 Å². The molecule has 1 aliphatic heterocycles. The van der Waals surface area contributed by atoms with Gasteiger partial charge in [-0.25, -0.2) is 0 Å². The number of ether oxygens (including phenoxy) is 2. The Kier molecular flexibility index (Phi) is 1.69. The molecule has 0 aromatic rings. The van der Waals surface area contributed by atoms with Crippen molar-refractivity contribution in [1.29, 1.82) is 0 Å². The van der Waals surface area contributed by atoms with Gasteiger partial charge in [0.1, 0.15) is 12.7 Å². The number of carbonyl (C=O) groups is 2. The predicted octanol–water partition coefficient (Wildman–Crippen LogP) is 0.341. The fourth-order valence-corrected chi connectivity index (χ4v) is 1.21. The first-order valence-electron chi connectivity index (χ1n) is 3.99. The molecule has 2 rings (SSSR count). The minimum atomic E-state index is -0.304. The Morgan fingerprint density at radius 3 is 2.54 bits per heavy atom. The van der Waals surface area contributed by atoms with Gasteiger partial charge in [0.05, 0.1) is 0 Å². The van der Waals surface area contributed by atoms with Crippen LogP contribution < -0.4 is 0 Å². The lowest BCUT2D eigenvalue weighted by Gasteiger charge is -2.25. The molecule has 0 radical (unpaired) electrons. The molecule has 0 aromatic carbocycles. The Hall–Kier alpha value is -1.58. The lowest BCUT2D eigenvalue weighted by molar-refractivity contribution is -0.125. The highest BCUT2D eigenvalue weighted by atomic mass is 16.6. The molecule has 0 saturated heterocycles. The van der Waals surface area contributed by atoms with Crippen LogP contribution in [0.5, 0.6) is 0 Å². The third-order valence-corrected chi connectivity index (χ3v) is 1.82. The van der Waals surface area contributed by atoms with Gasteiger partial charge in [-0.05, 0) is 19.1 Å². The monoisotopic (exact) mass is 180 g/mol. The summed E-state index contributed by atoms with van der Waals surface area (Å²) in [6.07, 6.45) is 2.21. The first-order chi connectivity index (χ1) is 6.18. The van der Waals surface area contributed by atoms with Crippen molar-refractivity contribution >= 4 is 11.6 Å². The van der Waals surface area contributed by atoms with E-state index in [-0.39, 0.29) is 29.2 Å². The van der Waals surface area contributed by atoms with Crippen molar-refractivity contribution in [2.24, 2.45) is 0 Å². The van der Waals surface area contributed by atoms with Crippen LogP contribution in [-0.2, 0) is 19.1 Å². The van der Waals surface area contributed by atoms with E-state index in [4.69, 9.17) is 9.47 Å². The van der Waals surface area contributed by atoms with Gasteiger partial charge in [-0.1, -0.05) is 0 Å². The SMILES string of the molecule is CC1COC2=C(O1)C(=O)C=CC2=O. The molecule has 0 spiro atoms. The van der Waals surface area contributed by atoms with Crippen molar-refractivity contribution in [2.45, 2.75) is 13.0 Å². The van der Waals surface area contributed by atoms with Gasteiger partial charge in [0.2, 0.25) is 23.1 Å². The zero-order chi connectivity index (χ0) is 9.42. The molecule has 0 fully saturated rings. The maximum atomic E-state index is 11.2. The molecule has 68 valence electrons. The number of carbonyl (C=O) groups excluding carboxylic acids is 2. The Morgan fingerprint density at radius 1 is 1.23 bits per heavy atom. The maximum Gasteiger partial charge on any atom is 0.224 e. The van der Waals surface area contributed by atoms with Crippen LogP contribution in [0.15, 0.2) is 23.7 Å². The van der Waals surface area contributed by atoms with E-state index in [9.17, 15) is 9.59 Å². The standard InChI is InChI=1S/C9H8O4/c1-5-4-12-8-6(10)2-3-7(11)9(8)13-5/h2-3,5H,4H2,1H3. The zero-order valence-corrected chi connectivity index (χ0v) is 7.07. The van der Waals surface area contributed by atoms with E-state index in [0.29, 0.717) is 6.61 Å². The van der Waals surface area contributed by atoms with E-state index in [0.717, 1.165) is 0 Å². The molecular weight excluding hydrogens is 172 g/mol. The fourth-order valence-electron chi connectivity index (χ4n) is 1.21. The normalized spacial score (nSPS) is 26.7. The summed E-state index contributed by atoms with van der Waals surface area (Å²) < 4.78 is 10.3. The van der Waals surface area contributed by atoms with Crippen LogP contribution in [0.1, 0.15) is 6.92 Å². The van der Waals surface area contributed by atoms with Crippen molar-refractivity contribution in [1.82, 2.24) is 0 Å². The minimum Gasteiger partial charge on any atom is -0.482 e. The van der Waals surface area contributed by atoms with Gasteiger partial charge in [-0.3, -0.25) is 9.59 Å². The third-order valence-electron chi connectivity index (χ3n) is 1.82. The summed E-state index contributed by atoms with van der Waals surface area (Å²) in [4.78, 5) is 22.4. The summed E-state index contributed by atoms with van der Waals surface area (Å²) in [5.74, 6) is -0.514. The Bertz CT molecular complexity index is 338. The first kappa shape index (κ1) is 8.04. The number of ketones is 2. The van der Waals surface area contributed by atoms with Crippen LogP contribution >= 0.6 is 0 Å². The van der Waals surface area contributed by atoms with E-state index in [2.05, 4.69) is 0 Å². The Labute approximate surface area is 74.8 Å². The highest BCUT2D eigenvalue weighted by molar-refractivity contribution is 6.18. The summed E-state index contributed by atoms with van der Waals surface area (Å²) in [5.41, 5.74) is 0. The number of hydrogen-bond donors (Lipinski definition) is 0. The second-order valence-electron chi connectivity index (χ2n) is 2.96. The molecule has 0 saturated carbocycles. The summed E-state index contributed by atoms with van der Waals surface area (Å²) in [7, 11) is 0. The molecule has 0 bridgehead atoms. The molecule has 4 nitrogen and oxygen atoms in total. The first-order valence-corrected chi connectivity index (χ1v) is 3.99. The molecule has 13 heavy (non-hydrogen) atoms.